The normalized spacial score (nSPS) is 15.0. The molecule has 1 aliphatic heterocycles. The minimum atomic E-state index is -0.338. The number of hydrogen-bond donors (Lipinski definition) is 0. The summed E-state index contributed by atoms with van der Waals surface area (Å²) in [5, 5.41) is 8.53. The molecule has 6 nitrogen and oxygen atoms in total. The maximum Gasteiger partial charge on any atom is 0.253 e. The first-order valence-electron chi connectivity index (χ1n) is 8.24. The Bertz CT molecular complexity index is 913. The molecule has 0 atom stereocenters. The third-order valence-corrected chi connectivity index (χ3v) is 4.55. The van der Waals surface area contributed by atoms with Crippen molar-refractivity contribution in [3.63, 3.8) is 0 Å². The van der Waals surface area contributed by atoms with Gasteiger partial charge in [-0.25, -0.2) is 4.39 Å². The van der Waals surface area contributed by atoms with Gasteiger partial charge in [-0.2, -0.15) is 0 Å². The average molecular weight is 339 g/mol. The lowest BCUT2D eigenvalue weighted by molar-refractivity contribution is 0.0746. The van der Waals surface area contributed by atoms with Crippen molar-refractivity contribution in [3.05, 3.63) is 59.5 Å². The van der Waals surface area contributed by atoms with Crippen LogP contribution in [0.4, 0.5) is 10.3 Å². The van der Waals surface area contributed by atoms with Gasteiger partial charge in [-0.3, -0.25) is 9.20 Å². The number of anilines is 1. The SMILES string of the molecule is Cc1cccc2nnc(N3CCN(C(=O)c4ccc(F)cc4)CC3)n12. The summed E-state index contributed by atoms with van der Waals surface area (Å²) in [6.07, 6.45) is 0. The Hall–Kier alpha value is -2.96. The molecule has 1 saturated heterocycles. The Morgan fingerprint density at radius 1 is 1.00 bits per heavy atom. The molecule has 3 aromatic rings. The molecule has 0 spiro atoms. The predicted molar refractivity (Wildman–Crippen MR) is 92.2 cm³/mol. The second kappa shape index (κ2) is 6.16. The van der Waals surface area contributed by atoms with Crippen LogP contribution in [0.2, 0.25) is 0 Å². The van der Waals surface area contributed by atoms with Crippen molar-refractivity contribution in [2.75, 3.05) is 31.1 Å². The number of halogens is 1. The van der Waals surface area contributed by atoms with Gasteiger partial charge in [0.2, 0.25) is 5.95 Å². The fourth-order valence-corrected chi connectivity index (χ4v) is 3.17. The van der Waals surface area contributed by atoms with Crippen LogP contribution < -0.4 is 4.90 Å². The molecule has 0 radical (unpaired) electrons. The van der Waals surface area contributed by atoms with E-state index >= 15 is 0 Å². The standard InChI is InChI=1S/C18H18FN5O/c1-13-3-2-4-16-20-21-18(24(13)16)23-11-9-22(10-12-23)17(25)14-5-7-15(19)8-6-14/h2-8H,9-12H2,1H3. The highest BCUT2D eigenvalue weighted by Gasteiger charge is 2.25. The molecule has 25 heavy (non-hydrogen) atoms. The molecule has 1 aromatic carbocycles. The zero-order chi connectivity index (χ0) is 17.4. The molecule has 0 aliphatic carbocycles. The van der Waals surface area contributed by atoms with Gasteiger partial charge >= 0.3 is 0 Å². The number of fused-ring (bicyclic) bond motifs is 1. The Labute approximate surface area is 144 Å². The Morgan fingerprint density at radius 3 is 2.44 bits per heavy atom. The lowest BCUT2D eigenvalue weighted by Crippen LogP contribution is -2.49. The van der Waals surface area contributed by atoms with Crippen LogP contribution in [0.1, 0.15) is 16.1 Å². The molecule has 0 bridgehead atoms. The van der Waals surface area contributed by atoms with E-state index in [9.17, 15) is 9.18 Å². The number of carbonyl (C=O) groups excluding carboxylic acids is 1. The maximum absolute atomic E-state index is 13.0. The van der Waals surface area contributed by atoms with E-state index in [4.69, 9.17) is 0 Å². The van der Waals surface area contributed by atoms with E-state index in [1.807, 2.05) is 29.5 Å². The quantitative estimate of drug-likeness (QED) is 0.718. The fourth-order valence-electron chi connectivity index (χ4n) is 3.17. The van der Waals surface area contributed by atoms with Crippen LogP contribution in [-0.4, -0.2) is 51.6 Å². The minimum Gasteiger partial charge on any atom is -0.337 e. The third-order valence-electron chi connectivity index (χ3n) is 4.55. The topological polar surface area (TPSA) is 53.7 Å². The van der Waals surface area contributed by atoms with Gasteiger partial charge in [-0.15, -0.1) is 10.2 Å². The Balaban J connectivity index is 1.49. The number of benzene rings is 1. The van der Waals surface area contributed by atoms with E-state index in [0.29, 0.717) is 31.7 Å². The molecule has 0 N–H and O–H groups in total. The summed E-state index contributed by atoms with van der Waals surface area (Å²) in [5.41, 5.74) is 2.40. The number of hydrogen-bond acceptors (Lipinski definition) is 4. The molecule has 7 heteroatoms. The zero-order valence-electron chi connectivity index (χ0n) is 13.9. The molecule has 1 aliphatic rings. The van der Waals surface area contributed by atoms with Crippen molar-refractivity contribution in [3.8, 4) is 0 Å². The van der Waals surface area contributed by atoms with Crippen molar-refractivity contribution >= 4 is 17.5 Å². The van der Waals surface area contributed by atoms with Gasteiger partial charge in [0, 0.05) is 37.4 Å². The van der Waals surface area contributed by atoms with Crippen LogP contribution in [0, 0.1) is 12.7 Å². The van der Waals surface area contributed by atoms with Gasteiger partial charge in [0.1, 0.15) is 5.82 Å². The molecular formula is C18H18FN5O. The Morgan fingerprint density at radius 2 is 1.72 bits per heavy atom. The number of rotatable bonds is 2. The molecule has 3 heterocycles. The summed E-state index contributed by atoms with van der Waals surface area (Å²) in [6.45, 7) is 4.58. The number of piperazine rings is 1. The Kier molecular flexibility index (Phi) is 3.83. The molecule has 0 saturated carbocycles. The summed E-state index contributed by atoms with van der Waals surface area (Å²) in [6, 6.07) is 11.6. The molecule has 4 rings (SSSR count). The van der Waals surface area contributed by atoms with Crippen LogP contribution in [-0.2, 0) is 0 Å². The first kappa shape index (κ1) is 15.6. The summed E-state index contributed by atoms with van der Waals surface area (Å²) in [5.74, 6) is 0.402. The average Bonchev–Trinajstić information content (AvgIpc) is 3.07. The molecule has 1 fully saturated rings. The number of amides is 1. The lowest BCUT2D eigenvalue weighted by Gasteiger charge is -2.34. The summed E-state index contributed by atoms with van der Waals surface area (Å²) >= 11 is 0. The van der Waals surface area contributed by atoms with Crippen LogP contribution in [0.25, 0.3) is 5.65 Å². The van der Waals surface area contributed by atoms with Crippen LogP contribution in [0.5, 0.6) is 0 Å². The zero-order valence-corrected chi connectivity index (χ0v) is 13.9. The van der Waals surface area contributed by atoms with Crippen molar-refractivity contribution in [1.82, 2.24) is 19.5 Å². The predicted octanol–water partition coefficient (Wildman–Crippen LogP) is 2.14. The number of carbonyl (C=O) groups is 1. The monoisotopic (exact) mass is 339 g/mol. The first-order valence-corrected chi connectivity index (χ1v) is 8.24. The third kappa shape index (κ3) is 2.82. The largest absolute Gasteiger partial charge is 0.337 e. The summed E-state index contributed by atoms with van der Waals surface area (Å²) in [4.78, 5) is 16.5. The van der Waals surface area contributed by atoms with E-state index < -0.39 is 0 Å². The smallest absolute Gasteiger partial charge is 0.253 e. The van der Waals surface area contributed by atoms with Crippen molar-refractivity contribution < 1.29 is 9.18 Å². The summed E-state index contributed by atoms with van der Waals surface area (Å²) < 4.78 is 15.0. The number of aromatic nitrogens is 3. The van der Waals surface area contributed by atoms with Crippen molar-refractivity contribution in [2.45, 2.75) is 6.92 Å². The number of aryl methyl sites for hydroxylation is 1. The van der Waals surface area contributed by atoms with Crippen LogP contribution in [0.3, 0.4) is 0 Å². The van der Waals surface area contributed by atoms with E-state index in [1.54, 1.807) is 4.90 Å². The van der Waals surface area contributed by atoms with E-state index in [0.717, 1.165) is 17.3 Å². The maximum atomic E-state index is 13.0. The van der Waals surface area contributed by atoms with Gasteiger partial charge in [-0.05, 0) is 43.3 Å². The molecule has 2 aromatic heterocycles. The van der Waals surface area contributed by atoms with Gasteiger partial charge in [-0.1, -0.05) is 6.07 Å². The molecule has 128 valence electrons. The van der Waals surface area contributed by atoms with Gasteiger partial charge in [0.05, 0.1) is 0 Å². The summed E-state index contributed by atoms with van der Waals surface area (Å²) in [7, 11) is 0. The molecular weight excluding hydrogens is 321 g/mol. The van der Waals surface area contributed by atoms with Crippen LogP contribution in [0.15, 0.2) is 42.5 Å². The fraction of sp³-hybridized carbons (Fsp3) is 0.278. The van der Waals surface area contributed by atoms with E-state index in [1.165, 1.54) is 24.3 Å². The van der Waals surface area contributed by atoms with E-state index in [2.05, 4.69) is 15.1 Å². The molecule has 1 amide bonds. The number of nitrogens with zero attached hydrogens (tertiary/aromatic N) is 5. The van der Waals surface area contributed by atoms with Gasteiger partial charge < -0.3 is 9.80 Å². The second-order valence-corrected chi connectivity index (χ2v) is 6.15. The van der Waals surface area contributed by atoms with Gasteiger partial charge in [0.15, 0.2) is 5.65 Å². The first-order chi connectivity index (χ1) is 12.1. The second-order valence-electron chi connectivity index (χ2n) is 6.15. The van der Waals surface area contributed by atoms with Gasteiger partial charge in [0.25, 0.3) is 5.91 Å². The van der Waals surface area contributed by atoms with E-state index in [-0.39, 0.29) is 11.7 Å². The van der Waals surface area contributed by atoms with Crippen molar-refractivity contribution in [1.29, 1.82) is 0 Å². The minimum absolute atomic E-state index is 0.0677. The highest BCUT2D eigenvalue weighted by atomic mass is 19.1. The highest BCUT2D eigenvalue weighted by Crippen LogP contribution is 2.18. The highest BCUT2D eigenvalue weighted by molar-refractivity contribution is 5.94. The number of pyridine rings is 1. The molecule has 0 unspecified atom stereocenters. The lowest BCUT2D eigenvalue weighted by atomic mass is 10.2. The van der Waals surface area contributed by atoms with Crippen LogP contribution >= 0.6 is 0 Å². The van der Waals surface area contributed by atoms with Crippen molar-refractivity contribution in [2.24, 2.45) is 0 Å².